The van der Waals surface area contributed by atoms with E-state index in [1.165, 1.54) is 96.3 Å². The largest absolute Gasteiger partial charge is 0.462 e. The second-order valence-electron chi connectivity index (χ2n) is 21.3. The molecule has 1 atom stereocenters. The third-order valence-electron chi connectivity index (χ3n) is 13.7. The maximum absolute atomic E-state index is 12.8. The standard InChI is InChI=1S/C73H120O6/c1-4-7-10-13-15-17-19-21-23-25-27-29-31-32-33-34-35-36-37-38-39-40-42-43-45-47-49-51-53-55-57-60-63-66-72(75)78-69-70(68-77-71(74)65-62-59-12-9-6-3)79-73(76)67-64-61-58-56-54-52-50-48-46-44-41-30-28-26-24-22-20-18-16-14-11-8-5-2/h7-8,10-11,15-18,21-24,27-30,32-33,44,46,50,52,70H,4-6,9,12-14,19-20,25-26,31,34-43,45,47-49,51,53-69H2,1-3H3/b10-7-,11-8-,17-15-,18-16-,23-21-,24-22-,29-27-,30-28-,33-32-,46-44-,52-50-. The fourth-order valence-electron chi connectivity index (χ4n) is 8.83. The molecule has 0 fully saturated rings. The van der Waals surface area contributed by atoms with Crippen LogP contribution in [0.2, 0.25) is 0 Å². The molecule has 0 radical (unpaired) electrons. The second kappa shape index (κ2) is 66.1. The van der Waals surface area contributed by atoms with Crippen molar-refractivity contribution in [3.63, 3.8) is 0 Å². The van der Waals surface area contributed by atoms with Crippen LogP contribution in [0.5, 0.6) is 0 Å². The first-order chi connectivity index (χ1) is 39.0. The van der Waals surface area contributed by atoms with Gasteiger partial charge in [0.05, 0.1) is 0 Å². The lowest BCUT2D eigenvalue weighted by Gasteiger charge is -2.18. The molecule has 6 heteroatoms. The monoisotopic (exact) mass is 1090 g/mol. The number of hydrogen-bond acceptors (Lipinski definition) is 6. The van der Waals surface area contributed by atoms with Crippen LogP contribution in [0.3, 0.4) is 0 Å². The SMILES string of the molecule is CC/C=C\C/C=C\C/C=C\C/C=C\C/C=C\C/C=C\CCCCCCC(=O)OC(COC(=O)CCCCCCC)COC(=O)CCCCCCCCCCCCCCCCCCC/C=C\C/C=C\C/C=C\C/C=C\C/C=C\CC. The zero-order valence-corrected chi connectivity index (χ0v) is 51.3. The molecule has 0 saturated carbocycles. The average molecular weight is 1090 g/mol. The highest BCUT2D eigenvalue weighted by atomic mass is 16.6. The Balaban J connectivity index is 4.04. The summed E-state index contributed by atoms with van der Waals surface area (Å²) >= 11 is 0. The van der Waals surface area contributed by atoms with Crippen molar-refractivity contribution in [1.82, 2.24) is 0 Å². The van der Waals surface area contributed by atoms with Crippen molar-refractivity contribution >= 4 is 17.9 Å². The molecule has 0 aliphatic rings. The van der Waals surface area contributed by atoms with Gasteiger partial charge >= 0.3 is 17.9 Å². The van der Waals surface area contributed by atoms with E-state index < -0.39 is 6.10 Å². The molecule has 0 aromatic heterocycles. The van der Waals surface area contributed by atoms with Crippen molar-refractivity contribution in [2.75, 3.05) is 13.2 Å². The molecule has 448 valence electrons. The van der Waals surface area contributed by atoms with Crippen molar-refractivity contribution in [3.8, 4) is 0 Å². The lowest BCUT2D eigenvalue weighted by Crippen LogP contribution is -2.30. The summed E-state index contributed by atoms with van der Waals surface area (Å²) < 4.78 is 16.8. The van der Waals surface area contributed by atoms with E-state index in [1.807, 2.05) is 0 Å². The Morgan fingerprint density at radius 3 is 0.772 bits per heavy atom. The van der Waals surface area contributed by atoms with Crippen LogP contribution in [-0.2, 0) is 28.6 Å². The van der Waals surface area contributed by atoms with Gasteiger partial charge in [-0.3, -0.25) is 14.4 Å². The third kappa shape index (κ3) is 64.3. The van der Waals surface area contributed by atoms with Crippen molar-refractivity contribution < 1.29 is 28.6 Å². The minimum Gasteiger partial charge on any atom is -0.462 e. The number of ether oxygens (including phenoxy) is 3. The molecule has 0 amide bonds. The first-order valence-electron chi connectivity index (χ1n) is 32.7. The van der Waals surface area contributed by atoms with Crippen molar-refractivity contribution in [2.45, 2.75) is 297 Å². The smallest absolute Gasteiger partial charge is 0.306 e. The molecule has 0 spiro atoms. The molecular formula is C73H120O6. The Morgan fingerprint density at radius 2 is 0.494 bits per heavy atom. The van der Waals surface area contributed by atoms with Gasteiger partial charge in [-0.25, -0.2) is 0 Å². The molecule has 0 saturated heterocycles. The van der Waals surface area contributed by atoms with Crippen LogP contribution >= 0.6 is 0 Å². The van der Waals surface area contributed by atoms with Crippen LogP contribution < -0.4 is 0 Å². The molecule has 0 aliphatic carbocycles. The maximum Gasteiger partial charge on any atom is 0.306 e. The Kier molecular flexibility index (Phi) is 62.3. The number of hydrogen-bond donors (Lipinski definition) is 0. The number of esters is 3. The molecule has 0 N–H and O–H groups in total. The van der Waals surface area contributed by atoms with E-state index in [4.69, 9.17) is 14.2 Å². The molecule has 0 aromatic rings. The van der Waals surface area contributed by atoms with Crippen LogP contribution in [-0.4, -0.2) is 37.2 Å². The summed E-state index contributed by atoms with van der Waals surface area (Å²) in [6, 6.07) is 0. The highest BCUT2D eigenvalue weighted by Crippen LogP contribution is 2.16. The molecule has 0 aliphatic heterocycles. The molecular weight excluding hydrogens is 973 g/mol. The lowest BCUT2D eigenvalue weighted by molar-refractivity contribution is -0.167. The summed E-state index contributed by atoms with van der Waals surface area (Å²) in [7, 11) is 0. The summed E-state index contributed by atoms with van der Waals surface area (Å²) in [5, 5.41) is 0. The van der Waals surface area contributed by atoms with Gasteiger partial charge in [-0.15, -0.1) is 0 Å². The average Bonchev–Trinajstić information content (AvgIpc) is 3.45. The van der Waals surface area contributed by atoms with Gasteiger partial charge in [0.15, 0.2) is 6.10 Å². The van der Waals surface area contributed by atoms with Gasteiger partial charge in [0, 0.05) is 19.3 Å². The summed E-state index contributed by atoms with van der Waals surface area (Å²) in [5.74, 6) is -0.926. The fourth-order valence-corrected chi connectivity index (χ4v) is 8.83. The van der Waals surface area contributed by atoms with E-state index in [0.717, 1.165) is 154 Å². The Labute approximate surface area is 487 Å². The fraction of sp³-hybridized carbons (Fsp3) is 0.658. The van der Waals surface area contributed by atoms with E-state index in [9.17, 15) is 14.4 Å². The van der Waals surface area contributed by atoms with E-state index in [1.54, 1.807) is 0 Å². The number of carbonyl (C=O) groups is 3. The number of allylic oxidation sites excluding steroid dienone is 22. The summed E-state index contributed by atoms with van der Waals surface area (Å²) in [5.41, 5.74) is 0. The molecule has 0 bridgehead atoms. The van der Waals surface area contributed by atoms with Crippen LogP contribution in [0.15, 0.2) is 134 Å². The highest BCUT2D eigenvalue weighted by molar-refractivity contribution is 5.71. The number of rotatable bonds is 58. The second-order valence-corrected chi connectivity index (χ2v) is 21.3. The molecule has 0 aromatic carbocycles. The van der Waals surface area contributed by atoms with Crippen molar-refractivity contribution in [2.24, 2.45) is 0 Å². The van der Waals surface area contributed by atoms with Crippen LogP contribution in [0.4, 0.5) is 0 Å². The predicted octanol–water partition coefficient (Wildman–Crippen LogP) is 22.5. The molecule has 79 heavy (non-hydrogen) atoms. The van der Waals surface area contributed by atoms with Gasteiger partial charge in [0.1, 0.15) is 13.2 Å². The topological polar surface area (TPSA) is 78.9 Å². The third-order valence-corrected chi connectivity index (χ3v) is 13.7. The Bertz CT molecular complexity index is 1680. The molecule has 6 nitrogen and oxygen atoms in total. The van der Waals surface area contributed by atoms with Crippen LogP contribution in [0.25, 0.3) is 0 Å². The van der Waals surface area contributed by atoms with Crippen molar-refractivity contribution in [3.05, 3.63) is 134 Å². The first-order valence-corrected chi connectivity index (χ1v) is 32.7. The quantitative estimate of drug-likeness (QED) is 0.0261. The molecule has 1 unspecified atom stereocenters. The van der Waals surface area contributed by atoms with Crippen molar-refractivity contribution in [1.29, 1.82) is 0 Å². The molecule has 0 heterocycles. The van der Waals surface area contributed by atoms with E-state index >= 15 is 0 Å². The minimum atomic E-state index is -0.791. The summed E-state index contributed by atoms with van der Waals surface area (Å²) in [4.78, 5) is 37.9. The van der Waals surface area contributed by atoms with Crippen LogP contribution in [0, 0.1) is 0 Å². The lowest BCUT2D eigenvalue weighted by atomic mass is 10.0. The number of unbranched alkanes of at least 4 members (excludes halogenated alkanes) is 25. The first kappa shape index (κ1) is 74.5. The maximum atomic E-state index is 12.8. The van der Waals surface area contributed by atoms with Gasteiger partial charge in [-0.1, -0.05) is 289 Å². The van der Waals surface area contributed by atoms with E-state index in [-0.39, 0.29) is 31.1 Å². The van der Waals surface area contributed by atoms with E-state index in [2.05, 4.69) is 154 Å². The minimum absolute atomic E-state index is 0.0895. The van der Waals surface area contributed by atoms with Gasteiger partial charge in [-0.2, -0.15) is 0 Å². The summed E-state index contributed by atoms with van der Waals surface area (Å²) in [6.07, 6.45) is 93.8. The van der Waals surface area contributed by atoms with Crippen LogP contribution in [0.1, 0.15) is 290 Å². The van der Waals surface area contributed by atoms with Gasteiger partial charge in [0.25, 0.3) is 0 Å². The molecule has 0 rings (SSSR count). The Hall–Kier alpha value is -4.45. The zero-order valence-electron chi connectivity index (χ0n) is 51.3. The Morgan fingerprint density at radius 1 is 0.266 bits per heavy atom. The zero-order chi connectivity index (χ0) is 57.1. The predicted molar refractivity (Wildman–Crippen MR) is 343 cm³/mol. The number of carbonyl (C=O) groups excluding carboxylic acids is 3. The van der Waals surface area contributed by atoms with Gasteiger partial charge in [0.2, 0.25) is 0 Å². The van der Waals surface area contributed by atoms with Gasteiger partial charge in [-0.05, 0) is 116 Å². The van der Waals surface area contributed by atoms with Gasteiger partial charge < -0.3 is 14.2 Å². The normalized spacial score (nSPS) is 13.0. The summed E-state index contributed by atoms with van der Waals surface area (Å²) in [6.45, 7) is 6.31. The highest BCUT2D eigenvalue weighted by Gasteiger charge is 2.19. The van der Waals surface area contributed by atoms with E-state index in [0.29, 0.717) is 19.3 Å².